The minimum absolute atomic E-state index is 0.189. The number of carbonyl (C=O) groups is 1. The van der Waals surface area contributed by atoms with Crippen LogP contribution in [0.25, 0.3) is 0 Å². The fraction of sp³-hybridized carbons (Fsp3) is 0.667. The van der Waals surface area contributed by atoms with Gasteiger partial charge < -0.3 is 14.8 Å². The molecule has 1 aliphatic rings. The van der Waals surface area contributed by atoms with Crippen molar-refractivity contribution < 1.29 is 14.3 Å². The first kappa shape index (κ1) is 15.7. The second kappa shape index (κ2) is 7.36. The Hall–Kier alpha value is -1.69. The molecule has 0 aromatic carbocycles. The minimum atomic E-state index is -0.414. The van der Waals surface area contributed by atoms with Crippen LogP contribution in [0.3, 0.4) is 0 Å². The summed E-state index contributed by atoms with van der Waals surface area (Å²) in [4.78, 5) is 20.0. The number of ether oxygens (including phenoxy) is 2. The van der Waals surface area contributed by atoms with Gasteiger partial charge in [-0.3, -0.25) is 0 Å². The van der Waals surface area contributed by atoms with Gasteiger partial charge in [-0.25, -0.2) is 14.8 Å². The van der Waals surface area contributed by atoms with Gasteiger partial charge in [-0.05, 0) is 40.0 Å². The zero-order valence-corrected chi connectivity index (χ0v) is 12.9. The van der Waals surface area contributed by atoms with Gasteiger partial charge in [0.1, 0.15) is 12.1 Å². The van der Waals surface area contributed by atoms with Crippen LogP contribution < -0.4 is 5.32 Å². The summed E-state index contributed by atoms with van der Waals surface area (Å²) >= 11 is 0. The molecule has 2 heterocycles. The first-order chi connectivity index (χ1) is 10.1. The van der Waals surface area contributed by atoms with Crippen LogP contribution in [0.5, 0.6) is 0 Å². The normalized spacial score (nSPS) is 21.9. The molecule has 1 fully saturated rings. The van der Waals surface area contributed by atoms with Crippen LogP contribution >= 0.6 is 0 Å². The molecule has 1 saturated heterocycles. The standard InChI is InChI=1S/C15H23N3O3/c1-4-20-15(19)13-11(3)14(18-9-17-13)16-8-12-7-5-6-10(2)21-12/h9-10,12H,4-8H2,1-3H3,(H,16,17,18)/t10-,12-/m1/s1. The molecule has 0 amide bonds. The van der Waals surface area contributed by atoms with E-state index in [4.69, 9.17) is 9.47 Å². The Kier molecular flexibility index (Phi) is 5.50. The maximum Gasteiger partial charge on any atom is 0.357 e. The lowest BCUT2D eigenvalue weighted by atomic mass is 10.0. The van der Waals surface area contributed by atoms with Crippen molar-refractivity contribution in [1.82, 2.24) is 9.97 Å². The summed E-state index contributed by atoms with van der Waals surface area (Å²) in [5.41, 5.74) is 1.02. The van der Waals surface area contributed by atoms with E-state index in [0.29, 0.717) is 36.3 Å². The lowest BCUT2D eigenvalue weighted by Gasteiger charge is -2.28. The van der Waals surface area contributed by atoms with Crippen LogP contribution in [0, 0.1) is 6.92 Å². The third kappa shape index (κ3) is 4.14. The van der Waals surface area contributed by atoms with Crippen molar-refractivity contribution in [3.8, 4) is 0 Å². The van der Waals surface area contributed by atoms with E-state index < -0.39 is 5.97 Å². The maximum atomic E-state index is 11.8. The van der Waals surface area contributed by atoms with Crippen molar-refractivity contribution in [3.05, 3.63) is 17.6 Å². The summed E-state index contributed by atoms with van der Waals surface area (Å²) in [6.45, 7) is 6.71. The van der Waals surface area contributed by atoms with E-state index in [9.17, 15) is 4.79 Å². The lowest BCUT2D eigenvalue weighted by molar-refractivity contribution is -0.0321. The molecule has 1 aliphatic heterocycles. The molecule has 1 aromatic rings. The molecule has 116 valence electrons. The zero-order chi connectivity index (χ0) is 15.2. The van der Waals surface area contributed by atoms with Crippen LogP contribution in [-0.4, -0.2) is 41.3 Å². The van der Waals surface area contributed by atoms with Crippen LogP contribution in [0.4, 0.5) is 5.82 Å². The van der Waals surface area contributed by atoms with Gasteiger partial charge in [-0.1, -0.05) is 0 Å². The van der Waals surface area contributed by atoms with E-state index in [2.05, 4.69) is 22.2 Å². The van der Waals surface area contributed by atoms with Gasteiger partial charge in [0.05, 0.1) is 18.8 Å². The third-order valence-corrected chi connectivity index (χ3v) is 3.61. The van der Waals surface area contributed by atoms with Gasteiger partial charge in [0, 0.05) is 12.1 Å². The fourth-order valence-corrected chi connectivity index (χ4v) is 2.49. The van der Waals surface area contributed by atoms with Gasteiger partial charge >= 0.3 is 5.97 Å². The first-order valence-corrected chi connectivity index (χ1v) is 7.49. The monoisotopic (exact) mass is 293 g/mol. The summed E-state index contributed by atoms with van der Waals surface area (Å²) in [5, 5.41) is 3.26. The van der Waals surface area contributed by atoms with Gasteiger partial charge in [0.15, 0.2) is 5.69 Å². The van der Waals surface area contributed by atoms with Crippen LogP contribution in [0.2, 0.25) is 0 Å². The number of carbonyl (C=O) groups excluding carboxylic acids is 1. The van der Waals surface area contributed by atoms with Crippen molar-refractivity contribution in [1.29, 1.82) is 0 Å². The summed E-state index contributed by atoms with van der Waals surface area (Å²) in [6, 6.07) is 0. The molecule has 0 spiro atoms. The van der Waals surface area contributed by atoms with Crippen molar-refractivity contribution in [3.63, 3.8) is 0 Å². The number of hydrogen-bond donors (Lipinski definition) is 1. The Balaban J connectivity index is 2.00. The highest BCUT2D eigenvalue weighted by molar-refractivity contribution is 5.90. The predicted molar refractivity (Wildman–Crippen MR) is 79.4 cm³/mol. The Morgan fingerprint density at radius 2 is 2.29 bits per heavy atom. The fourth-order valence-electron chi connectivity index (χ4n) is 2.49. The molecule has 2 atom stereocenters. The molecule has 6 nitrogen and oxygen atoms in total. The number of esters is 1. The molecule has 0 aliphatic carbocycles. The van der Waals surface area contributed by atoms with Gasteiger partial charge in [-0.15, -0.1) is 0 Å². The van der Waals surface area contributed by atoms with Crippen LogP contribution in [-0.2, 0) is 9.47 Å². The number of anilines is 1. The SMILES string of the molecule is CCOC(=O)c1ncnc(NC[C@H]2CCC[C@@H](C)O2)c1C. The van der Waals surface area contributed by atoms with E-state index in [-0.39, 0.29) is 6.10 Å². The van der Waals surface area contributed by atoms with Crippen molar-refractivity contribution in [2.24, 2.45) is 0 Å². The number of nitrogens with one attached hydrogen (secondary N) is 1. The lowest BCUT2D eigenvalue weighted by Crippen LogP contribution is -2.31. The molecule has 0 saturated carbocycles. The van der Waals surface area contributed by atoms with Gasteiger partial charge in [-0.2, -0.15) is 0 Å². The maximum absolute atomic E-state index is 11.8. The summed E-state index contributed by atoms with van der Waals surface area (Å²) in [7, 11) is 0. The average Bonchev–Trinajstić information content (AvgIpc) is 2.46. The van der Waals surface area contributed by atoms with Gasteiger partial charge in [0.25, 0.3) is 0 Å². The Labute approximate surface area is 125 Å². The second-order valence-electron chi connectivity index (χ2n) is 5.30. The number of nitrogens with zero attached hydrogens (tertiary/aromatic N) is 2. The number of aromatic nitrogens is 2. The Bertz CT molecular complexity index is 493. The van der Waals surface area contributed by atoms with Crippen molar-refractivity contribution in [2.45, 2.75) is 52.2 Å². The summed E-state index contributed by atoms with van der Waals surface area (Å²) in [6.07, 6.45) is 5.24. The molecule has 2 rings (SSSR count). The molecular formula is C15H23N3O3. The predicted octanol–water partition coefficient (Wildman–Crippen LogP) is 2.33. The minimum Gasteiger partial charge on any atom is -0.461 e. The van der Waals surface area contributed by atoms with E-state index in [1.165, 1.54) is 12.7 Å². The quantitative estimate of drug-likeness (QED) is 0.840. The molecule has 21 heavy (non-hydrogen) atoms. The highest BCUT2D eigenvalue weighted by Gasteiger charge is 2.20. The third-order valence-electron chi connectivity index (χ3n) is 3.61. The largest absolute Gasteiger partial charge is 0.461 e. The molecule has 0 unspecified atom stereocenters. The van der Waals surface area contributed by atoms with Crippen LogP contribution in [0.15, 0.2) is 6.33 Å². The number of hydrogen-bond acceptors (Lipinski definition) is 6. The first-order valence-electron chi connectivity index (χ1n) is 7.49. The number of rotatable bonds is 5. The molecule has 1 N–H and O–H groups in total. The molecule has 0 bridgehead atoms. The van der Waals surface area contributed by atoms with E-state index in [0.717, 1.165) is 12.8 Å². The summed E-state index contributed by atoms with van der Waals surface area (Å²) < 4.78 is 10.9. The molecule has 1 aromatic heterocycles. The molecular weight excluding hydrogens is 270 g/mol. The topological polar surface area (TPSA) is 73.3 Å². The van der Waals surface area contributed by atoms with E-state index >= 15 is 0 Å². The van der Waals surface area contributed by atoms with Gasteiger partial charge in [0.2, 0.25) is 0 Å². The van der Waals surface area contributed by atoms with Crippen molar-refractivity contribution >= 4 is 11.8 Å². The average molecular weight is 293 g/mol. The molecule has 6 heteroatoms. The zero-order valence-electron chi connectivity index (χ0n) is 12.9. The van der Waals surface area contributed by atoms with E-state index in [1.807, 2.05) is 6.92 Å². The Morgan fingerprint density at radius 1 is 1.48 bits per heavy atom. The highest BCUT2D eigenvalue weighted by atomic mass is 16.5. The molecule has 0 radical (unpaired) electrons. The Morgan fingerprint density at radius 3 is 3.00 bits per heavy atom. The van der Waals surface area contributed by atoms with Crippen molar-refractivity contribution in [2.75, 3.05) is 18.5 Å². The highest BCUT2D eigenvalue weighted by Crippen LogP contribution is 2.20. The summed E-state index contributed by atoms with van der Waals surface area (Å²) in [5.74, 6) is 0.248. The smallest absolute Gasteiger partial charge is 0.357 e. The van der Waals surface area contributed by atoms with E-state index in [1.54, 1.807) is 6.92 Å². The second-order valence-corrected chi connectivity index (χ2v) is 5.30. The van der Waals surface area contributed by atoms with Crippen LogP contribution in [0.1, 0.15) is 49.2 Å².